The van der Waals surface area contributed by atoms with Crippen LogP contribution in [0.15, 0.2) is 6.20 Å². The molecule has 0 amide bonds. The maximum Gasteiger partial charge on any atom is 0.0626 e. The second-order valence-electron chi connectivity index (χ2n) is 3.96. The summed E-state index contributed by atoms with van der Waals surface area (Å²) in [7, 11) is 1.98. The summed E-state index contributed by atoms with van der Waals surface area (Å²) in [4.78, 5) is 0. The highest BCUT2D eigenvalue weighted by molar-refractivity contribution is 7.99. The minimum absolute atomic E-state index is 1.06. The van der Waals surface area contributed by atoms with Crippen molar-refractivity contribution < 1.29 is 0 Å². The smallest absolute Gasteiger partial charge is 0.0626 e. The zero-order valence-electron chi connectivity index (χ0n) is 10.6. The third-order valence-corrected chi connectivity index (χ3v) is 3.52. The van der Waals surface area contributed by atoms with E-state index in [0.717, 1.165) is 25.2 Å². The van der Waals surface area contributed by atoms with E-state index in [4.69, 9.17) is 0 Å². The molecule has 1 heterocycles. The lowest BCUT2D eigenvalue weighted by atomic mass is 10.2. The monoisotopic (exact) mass is 241 g/mol. The Morgan fingerprint density at radius 3 is 2.88 bits per heavy atom. The molecule has 0 bridgehead atoms. The highest BCUT2D eigenvalue weighted by Crippen LogP contribution is 2.04. The number of hydrogen-bond donors (Lipinski definition) is 1. The molecule has 3 nitrogen and oxygen atoms in total. The standard InChI is InChI=1S/C12H23N3S/c1-4-16-9-5-7-13-8-6-12-10-15(3)14-11(12)2/h10,13H,4-9H2,1-3H3. The quantitative estimate of drug-likeness (QED) is 0.706. The van der Waals surface area contributed by atoms with Crippen molar-refractivity contribution in [2.45, 2.75) is 26.7 Å². The fraction of sp³-hybridized carbons (Fsp3) is 0.750. The average Bonchev–Trinajstić information content (AvgIpc) is 2.56. The largest absolute Gasteiger partial charge is 0.316 e. The number of rotatable bonds is 8. The molecule has 0 spiro atoms. The van der Waals surface area contributed by atoms with Gasteiger partial charge in [0.05, 0.1) is 5.69 Å². The summed E-state index contributed by atoms with van der Waals surface area (Å²) >= 11 is 2.01. The molecule has 0 saturated heterocycles. The van der Waals surface area contributed by atoms with Crippen LogP contribution in [0, 0.1) is 6.92 Å². The van der Waals surface area contributed by atoms with Gasteiger partial charge in [0.15, 0.2) is 0 Å². The number of thioether (sulfide) groups is 1. The van der Waals surface area contributed by atoms with Crippen molar-refractivity contribution in [2.24, 2.45) is 7.05 Å². The molecule has 92 valence electrons. The number of aromatic nitrogens is 2. The van der Waals surface area contributed by atoms with E-state index in [1.54, 1.807) is 0 Å². The third kappa shape index (κ3) is 5.03. The van der Waals surface area contributed by atoms with Crippen molar-refractivity contribution in [2.75, 3.05) is 24.6 Å². The zero-order valence-corrected chi connectivity index (χ0v) is 11.4. The van der Waals surface area contributed by atoms with Crippen LogP contribution >= 0.6 is 11.8 Å². The molecule has 0 saturated carbocycles. The molecule has 0 aliphatic heterocycles. The van der Waals surface area contributed by atoms with Crippen LogP contribution in [0.1, 0.15) is 24.6 Å². The molecule has 16 heavy (non-hydrogen) atoms. The number of nitrogens with one attached hydrogen (secondary N) is 1. The summed E-state index contributed by atoms with van der Waals surface area (Å²) in [5.41, 5.74) is 2.52. The normalized spacial score (nSPS) is 10.9. The SMILES string of the molecule is CCSCCCNCCc1cn(C)nc1C. The fourth-order valence-electron chi connectivity index (χ4n) is 1.69. The summed E-state index contributed by atoms with van der Waals surface area (Å²) in [6.45, 7) is 6.48. The first-order valence-electron chi connectivity index (χ1n) is 6.01. The molecule has 1 rings (SSSR count). The van der Waals surface area contributed by atoms with E-state index in [0.29, 0.717) is 0 Å². The molecule has 0 radical (unpaired) electrons. The first kappa shape index (κ1) is 13.6. The van der Waals surface area contributed by atoms with Crippen molar-refractivity contribution in [1.29, 1.82) is 0 Å². The Hall–Kier alpha value is -0.480. The number of aryl methyl sites for hydroxylation is 2. The minimum Gasteiger partial charge on any atom is -0.316 e. The van der Waals surface area contributed by atoms with E-state index in [1.165, 1.54) is 23.5 Å². The predicted octanol–water partition coefficient (Wildman–Crippen LogP) is 2.00. The molecule has 0 unspecified atom stereocenters. The molecule has 1 aromatic heterocycles. The van der Waals surface area contributed by atoms with Gasteiger partial charge >= 0.3 is 0 Å². The molecule has 0 atom stereocenters. The maximum atomic E-state index is 4.34. The van der Waals surface area contributed by atoms with Gasteiger partial charge in [-0.2, -0.15) is 16.9 Å². The Balaban J connectivity index is 2.05. The van der Waals surface area contributed by atoms with Crippen molar-refractivity contribution in [3.63, 3.8) is 0 Å². The van der Waals surface area contributed by atoms with Gasteiger partial charge in [-0.1, -0.05) is 6.92 Å². The highest BCUT2D eigenvalue weighted by Gasteiger charge is 2.01. The zero-order chi connectivity index (χ0) is 11.8. The molecular formula is C12H23N3S. The highest BCUT2D eigenvalue weighted by atomic mass is 32.2. The topological polar surface area (TPSA) is 29.9 Å². The first-order chi connectivity index (χ1) is 7.74. The van der Waals surface area contributed by atoms with Gasteiger partial charge in [0.25, 0.3) is 0 Å². The summed E-state index contributed by atoms with van der Waals surface area (Å²) < 4.78 is 1.89. The van der Waals surface area contributed by atoms with E-state index in [-0.39, 0.29) is 0 Å². The van der Waals surface area contributed by atoms with Gasteiger partial charge < -0.3 is 5.32 Å². The molecule has 0 aliphatic rings. The van der Waals surface area contributed by atoms with Crippen LogP contribution in [-0.2, 0) is 13.5 Å². The summed E-state index contributed by atoms with van der Waals surface area (Å²) in [6.07, 6.45) is 4.47. The van der Waals surface area contributed by atoms with Gasteiger partial charge in [-0.15, -0.1) is 0 Å². The summed E-state index contributed by atoms with van der Waals surface area (Å²) in [6, 6.07) is 0. The van der Waals surface area contributed by atoms with E-state index in [2.05, 4.69) is 30.5 Å². The minimum atomic E-state index is 1.06. The number of hydrogen-bond acceptors (Lipinski definition) is 3. The predicted molar refractivity (Wildman–Crippen MR) is 72.1 cm³/mol. The van der Waals surface area contributed by atoms with Gasteiger partial charge in [0.2, 0.25) is 0 Å². The molecule has 0 fully saturated rings. The summed E-state index contributed by atoms with van der Waals surface area (Å²) in [5, 5.41) is 7.81. The van der Waals surface area contributed by atoms with Gasteiger partial charge in [0.1, 0.15) is 0 Å². The van der Waals surface area contributed by atoms with Gasteiger partial charge in [-0.3, -0.25) is 4.68 Å². The van der Waals surface area contributed by atoms with E-state index in [1.807, 2.05) is 23.5 Å². The Morgan fingerprint density at radius 2 is 2.25 bits per heavy atom. The van der Waals surface area contributed by atoms with Crippen molar-refractivity contribution in [1.82, 2.24) is 15.1 Å². The van der Waals surface area contributed by atoms with Crippen molar-refractivity contribution in [3.05, 3.63) is 17.5 Å². The maximum absolute atomic E-state index is 4.34. The third-order valence-electron chi connectivity index (χ3n) is 2.53. The van der Waals surface area contributed by atoms with Crippen LogP contribution in [0.4, 0.5) is 0 Å². The molecule has 0 aliphatic carbocycles. The van der Waals surface area contributed by atoms with Crippen LogP contribution in [0.2, 0.25) is 0 Å². The lowest BCUT2D eigenvalue weighted by Crippen LogP contribution is -2.19. The summed E-state index contributed by atoms with van der Waals surface area (Å²) in [5.74, 6) is 2.50. The van der Waals surface area contributed by atoms with Crippen LogP contribution in [0.25, 0.3) is 0 Å². The van der Waals surface area contributed by atoms with Crippen molar-refractivity contribution in [3.8, 4) is 0 Å². The molecular weight excluding hydrogens is 218 g/mol. The first-order valence-corrected chi connectivity index (χ1v) is 7.17. The second kappa shape index (κ2) is 7.74. The Labute approximate surface area is 103 Å². The lowest BCUT2D eigenvalue weighted by molar-refractivity contribution is 0.673. The molecule has 1 aromatic rings. The average molecular weight is 241 g/mol. The van der Waals surface area contributed by atoms with Gasteiger partial charge in [0, 0.05) is 13.2 Å². The van der Waals surface area contributed by atoms with Crippen LogP contribution in [0.3, 0.4) is 0 Å². The van der Waals surface area contributed by atoms with E-state index >= 15 is 0 Å². The Bertz CT molecular complexity index is 296. The fourth-order valence-corrected chi connectivity index (χ4v) is 2.32. The van der Waals surface area contributed by atoms with Crippen LogP contribution in [0.5, 0.6) is 0 Å². The number of nitrogens with zero attached hydrogens (tertiary/aromatic N) is 2. The second-order valence-corrected chi connectivity index (χ2v) is 5.36. The van der Waals surface area contributed by atoms with Gasteiger partial charge in [-0.05, 0) is 49.9 Å². The Kier molecular flexibility index (Phi) is 6.57. The Morgan fingerprint density at radius 1 is 1.44 bits per heavy atom. The van der Waals surface area contributed by atoms with Crippen molar-refractivity contribution >= 4 is 11.8 Å². The van der Waals surface area contributed by atoms with Crippen LogP contribution in [-0.4, -0.2) is 34.4 Å². The van der Waals surface area contributed by atoms with E-state index < -0.39 is 0 Å². The molecule has 4 heteroatoms. The molecule has 1 N–H and O–H groups in total. The van der Waals surface area contributed by atoms with E-state index in [9.17, 15) is 0 Å². The van der Waals surface area contributed by atoms with Gasteiger partial charge in [-0.25, -0.2) is 0 Å². The van der Waals surface area contributed by atoms with Crippen LogP contribution < -0.4 is 5.32 Å². The molecule has 0 aromatic carbocycles. The lowest BCUT2D eigenvalue weighted by Gasteiger charge is -2.03.